The van der Waals surface area contributed by atoms with Gasteiger partial charge in [-0.05, 0) is 36.6 Å². The van der Waals surface area contributed by atoms with E-state index in [1.165, 1.54) is 42.3 Å². The van der Waals surface area contributed by atoms with Crippen molar-refractivity contribution in [2.45, 2.75) is 24.1 Å². The molecule has 4 rings (SSSR count). The van der Waals surface area contributed by atoms with Gasteiger partial charge in [0.25, 0.3) is 17.3 Å². The number of aromatic nitrogens is 3. The van der Waals surface area contributed by atoms with Gasteiger partial charge < -0.3 is 14.6 Å². The van der Waals surface area contributed by atoms with Crippen LogP contribution in [0.5, 0.6) is 5.88 Å². The van der Waals surface area contributed by atoms with Crippen LogP contribution in [0.4, 0.5) is 0 Å². The number of nitrogens with one attached hydrogen (secondary N) is 1. The lowest BCUT2D eigenvalue weighted by molar-refractivity contribution is 0.0949. The molecule has 1 aromatic carbocycles. The van der Waals surface area contributed by atoms with E-state index in [4.69, 9.17) is 16.3 Å². The topological polar surface area (TPSA) is 123 Å². The number of pyridine rings is 1. The Labute approximate surface area is 201 Å². The lowest BCUT2D eigenvalue weighted by Gasteiger charge is -2.21. The fourth-order valence-corrected chi connectivity index (χ4v) is 5.39. The van der Waals surface area contributed by atoms with Crippen molar-refractivity contribution >= 4 is 38.4 Å². The Morgan fingerprint density at radius 2 is 1.94 bits per heavy atom. The first-order valence-electron chi connectivity index (χ1n) is 10.5. The van der Waals surface area contributed by atoms with Crippen molar-refractivity contribution in [1.82, 2.24) is 24.4 Å². The molecule has 1 aliphatic rings. The molecule has 2 heterocycles. The lowest BCUT2D eigenvalue weighted by atomic mass is 10.1. The number of ether oxygens (including phenoxy) is 1. The highest BCUT2D eigenvalue weighted by atomic mass is 35.5. The van der Waals surface area contributed by atoms with Crippen molar-refractivity contribution in [2.24, 2.45) is 7.05 Å². The summed E-state index contributed by atoms with van der Waals surface area (Å²) in [5.74, 6) is -0.504. The van der Waals surface area contributed by atoms with Crippen LogP contribution in [-0.2, 0) is 23.6 Å². The fourth-order valence-electron chi connectivity index (χ4n) is 3.66. The maximum absolute atomic E-state index is 13.0. The summed E-state index contributed by atoms with van der Waals surface area (Å²) in [6.07, 6.45) is 2.37. The van der Waals surface area contributed by atoms with Crippen molar-refractivity contribution in [3.63, 3.8) is 0 Å². The molecule has 34 heavy (non-hydrogen) atoms. The second kappa shape index (κ2) is 8.97. The fraction of sp³-hybridized carbons (Fsp3) is 0.364. The molecule has 0 saturated heterocycles. The maximum Gasteiger partial charge on any atom is 0.263 e. The van der Waals surface area contributed by atoms with E-state index in [9.17, 15) is 18.0 Å². The Morgan fingerprint density at radius 3 is 2.56 bits per heavy atom. The van der Waals surface area contributed by atoms with Crippen molar-refractivity contribution in [3.8, 4) is 5.88 Å². The molecule has 12 heteroatoms. The number of hydrogen-bond acceptors (Lipinski definition) is 7. The third kappa shape index (κ3) is 4.38. The Kier molecular flexibility index (Phi) is 6.36. The molecule has 1 fully saturated rings. The third-order valence-corrected chi connectivity index (χ3v) is 8.74. The smallest absolute Gasteiger partial charge is 0.263 e. The quantitative estimate of drug-likeness (QED) is 0.494. The van der Waals surface area contributed by atoms with E-state index in [-0.39, 0.29) is 24.6 Å². The highest BCUT2D eigenvalue weighted by Gasteiger charge is 2.56. The normalized spacial score (nSPS) is 14.9. The molecule has 0 bridgehead atoms. The predicted molar refractivity (Wildman–Crippen MR) is 127 cm³/mol. The van der Waals surface area contributed by atoms with Crippen molar-refractivity contribution in [1.29, 1.82) is 0 Å². The van der Waals surface area contributed by atoms with Gasteiger partial charge in [-0.15, -0.1) is 5.10 Å². The first-order valence-corrected chi connectivity index (χ1v) is 12.3. The largest absolute Gasteiger partial charge is 0.473 e. The van der Waals surface area contributed by atoms with Crippen LogP contribution in [0.25, 0.3) is 10.9 Å². The summed E-state index contributed by atoms with van der Waals surface area (Å²) < 4.78 is 32.5. The summed E-state index contributed by atoms with van der Waals surface area (Å²) in [5, 5.41) is 11.7. The predicted octanol–water partition coefficient (Wildman–Crippen LogP) is 1.71. The Balaban J connectivity index is 1.59. The molecule has 10 nitrogen and oxygen atoms in total. The average Bonchev–Trinajstić information content (AvgIpc) is 3.61. The van der Waals surface area contributed by atoms with Gasteiger partial charge in [0.1, 0.15) is 22.4 Å². The zero-order valence-corrected chi connectivity index (χ0v) is 20.5. The van der Waals surface area contributed by atoms with Crippen LogP contribution in [0.2, 0.25) is 5.02 Å². The number of nitrogens with zero attached hydrogens (tertiary/aromatic N) is 4. The molecule has 0 spiro atoms. The number of carbonyl (C=O) groups is 1. The molecule has 0 unspecified atom stereocenters. The number of aryl methyl sites for hydroxylation is 1. The van der Waals surface area contributed by atoms with Crippen LogP contribution in [0, 0.1) is 0 Å². The molecule has 0 radical (unpaired) electrons. The highest BCUT2D eigenvalue weighted by Crippen LogP contribution is 2.45. The number of fused-ring (bicyclic) bond motifs is 1. The summed E-state index contributed by atoms with van der Waals surface area (Å²) in [6, 6.07) is 8.43. The van der Waals surface area contributed by atoms with Crippen molar-refractivity contribution < 1.29 is 17.9 Å². The van der Waals surface area contributed by atoms with Crippen molar-refractivity contribution in [2.75, 3.05) is 20.7 Å². The van der Waals surface area contributed by atoms with Gasteiger partial charge in [0.15, 0.2) is 0 Å². The zero-order chi connectivity index (χ0) is 24.7. The number of rotatable bonds is 8. The summed E-state index contributed by atoms with van der Waals surface area (Å²) in [5.41, 5.74) is 0.559. The van der Waals surface area contributed by atoms with E-state index < -0.39 is 26.2 Å². The highest BCUT2D eigenvalue weighted by molar-refractivity contribution is 7.90. The minimum atomic E-state index is -3.53. The monoisotopic (exact) mass is 505 g/mol. The zero-order valence-electron chi connectivity index (χ0n) is 18.9. The molecule has 1 aliphatic carbocycles. The Bertz CT molecular complexity index is 1420. The molecule has 0 atom stereocenters. The van der Waals surface area contributed by atoms with E-state index in [0.29, 0.717) is 28.8 Å². The minimum Gasteiger partial charge on any atom is -0.473 e. The summed E-state index contributed by atoms with van der Waals surface area (Å²) >= 11 is 5.88. The van der Waals surface area contributed by atoms with E-state index in [1.54, 1.807) is 24.3 Å². The molecule has 1 amide bonds. The number of halogens is 1. The molecular formula is C22H24ClN5O5S. The summed E-state index contributed by atoms with van der Waals surface area (Å²) in [6.45, 7) is 0.113. The number of sulfonamides is 1. The number of carbonyl (C=O) groups excluding carboxylic acids is 1. The van der Waals surface area contributed by atoms with Gasteiger partial charge in [-0.25, -0.2) is 12.7 Å². The third-order valence-electron chi connectivity index (χ3n) is 5.91. The Hall–Kier alpha value is -3.02. The number of benzene rings is 1. The number of amides is 1. The standard InChI is InChI=1S/C22H24ClN5O5S/c1-27(2)34(31,32)22(8-9-22)13-33-20-18-15(12-25-26-20)10-17(21(30)28(18)3)19(29)24-11-14-4-6-16(23)7-5-14/h4-7,10,12H,8-9,11,13H2,1-3H3,(H,24,29). The molecule has 180 valence electrons. The van der Waals surface area contributed by atoms with Gasteiger partial charge in [0.2, 0.25) is 10.0 Å². The van der Waals surface area contributed by atoms with Gasteiger partial charge in [-0.3, -0.25) is 9.59 Å². The van der Waals surface area contributed by atoms with Gasteiger partial charge in [0, 0.05) is 38.1 Å². The molecule has 0 aliphatic heterocycles. The van der Waals surface area contributed by atoms with Gasteiger partial charge in [-0.1, -0.05) is 23.7 Å². The SMILES string of the molecule is CN(C)S(=O)(=O)C1(COc2nncc3cc(C(=O)NCc4ccc(Cl)cc4)c(=O)n(C)c23)CC1. The summed E-state index contributed by atoms with van der Waals surface area (Å²) in [7, 11) is 0.938. The van der Waals surface area contributed by atoms with E-state index in [0.717, 1.165) is 5.56 Å². The molecule has 1 saturated carbocycles. The minimum absolute atomic E-state index is 0.0328. The molecule has 3 aromatic rings. The summed E-state index contributed by atoms with van der Waals surface area (Å²) in [4.78, 5) is 25.7. The van der Waals surface area contributed by atoms with Crippen LogP contribution in [0.3, 0.4) is 0 Å². The second-order valence-electron chi connectivity index (χ2n) is 8.44. The Morgan fingerprint density at radius 1 is 1.26 bits per heavy atom. The second-order valence-corrected chi connectivity index (χ2v) is 11.4. The lowest BCUT2D eigenvalue weighted by Crippen LogP contribution is -2.39. The molecular weight excluding hydrogens is 482 g/mol. The van der Waals surface area contributed by atoms with Crippen LogP contribution in [0.15, 0.2) is 41.3 Å². The molecule has 1 N–H and O–H groups in total. The molecule has 2 aromatic heterocycles. The van der Waals surface area contributed by atoms with Crippen LogP contribution in [-0.4, -0.2) is 58.8 Å². The number of hydrogen-bond donors (Lipinski definition) is 1. The van der Waals surface area contributed by atoms with Crippen molar-refractivity contribution in [3.05, 3.63) is 63.0 Å². The maximum atomic E-state index is 13.0. The van der Waals surface area contributed by atoms with Gasteiger partial charge in [-0.2, -0.15) is 5.10 Å². The van der Waals surface area contributed by atoms with E-state index in [2.05, 4.69) is 15.5 Å². The average molecular weight is 506 g/mol. The van der Waals surface area contributed by atoms with E-state index in [1.807, 2.05) is 0 Å². The van der Waals surface area contributed by atoms with Crippen LogP contribution >= 0.6 is 11.6 Å². The van der Waals surface area contributed by atoms with Crippen LogP contribution < -0.4 is 15.6 Å². The first-order chi connectivity index (χ1) is 16.1. The van der Waals surface area contributed by atoms with Gasteiger partial charge >= 0.3 is 0 Å². The van der Waals surface area contributed by atoms with Crippen LogP contribution in [0.1, 0.15) is 28.8 Å². The van der Waals surface area contributed by atoms with E-state index >= 15 is 0 Å². The van der Waals surface area contributed by atoms with Gasteiger partial charge in [0.05, 0.1) is 6.20 Å². The first kappa shape index (κ1) is 24.1.